The van der Waals surface area contributed by atoms with Crippen molar-refractivity contribution >= 4 is 45.7 Å². The van der Waals surface area contributed by atoms with Gasteiger partial charge in [0.25, 0.3) is 11.8 Å². The number of carbonyl (C=O) groups excluding carboxylic acids is 4. The van der Waals surface area contributed by atoms with E-state index in [1.54, 1.807) is 0 Å². The monoisotopic (exact) mass is 424 g/mol. The van der Waals surface area contributed by atoms with Crippen molar-refractivity contribution in [3.05, 3.63) is 0 Å². The summed E-state index contributed by atoms with van der Waals surface area (Å²) < 4.78 is 33.4. The van der Waals surface area contributed by atoms with Crippen molar-refractivity contribution in [1.29, 1.82) is 0 Å². The van der Waals surface area contributed by atoms with E-state index in [0.29, 0.717) is 0 Å². The first-order valence-electron chi connectivity index (χ1n) is 7.28. The molecule has 2 saturated heterocycles. The lowest BCUT2D eigenvalue weighted by atomic mass is 10.0. The van der Waals surface area contributed by atoms with Crippen LogP contribution in [0.4, 0.5) is 0 Å². The quantitative estimate of drug-likeness (QED) is 0.231. The molecule has 15 nitrogen and oxygen atoms in total. The predicted octanol–water partition coefficient (Wildman–Crippen LogP) is -3.34. The Balaban J connectivity index is 2.85. The number of carbonyl (C=O) groups is 6. The van der Waals surface area contributed by atoms with E-state index >= 15 is 0 Å². The first kappa shape index (κ1) is 21.4. The molecule has 0 aromatic carbocycles. The zero-order valence-electron chi connectivity index (χ0n) is 13.6. The standard InChI is InChI=1S/C12H12N2O13S/c15-5-1-2-6(16)13(5)11(23,9(19)20)12(10(21)22,28(24,25)26)27-14-7(17)3-4-8(14)18/h23H,1-4H2,(H,19,20)(H,21,22)(H,24,25,26). The van der Waals surface area contributed by atoms with Gasteiger partial charge in [-0.3, -0.25) is 23.7 Å². The fourth-order valence-corrected chi connectivity index (χ4v) is 3.62. The molecule has 2 unspecified atom stereocenters. The molecule has 28 heavy (non-hydrogen) atoms. The molecular weight excluding hydrogens is 412 g/mol. The average Bonchev–Trinajstić information content (AvgIpc) is 3.05. The summed E-state index contributed by atoms with van der Waals surface area (Å²) in [5, 5.41) is 28.9. The third-order valence-electron chi connectivity index (χ3n) is 4.00. The molecule has 2 atom stereocenters. The van der Waals surface area contributed by atoms with E-state index in [4.69, 9.17) is 0 Å². The van der Waals surface area contributed by atoms with Crippen LogP contribution in [0, 0.1) is 0 Å². The number of hydrogen-bond donors (Lipinski definition) is 4. The Labute approximate surface area is 154 Å². The van der Waals surface area contributed by atoms with Crippen molar-refractivity contribution in [2.45, 2.75) is 36.3 Å². The van der Waals surface area contributed by atoms with E-state index in [0.717, 1.165) is 0 Å². The molecule has 0 aromatic rings. The van der Waals surface area contributed by atoms with Crippen LogP contribution in [-0.2, 0) is 43.7 Å². The van der Waals surface area contributed by atoms with Gasteiger partial charge in [0.2, 0.25) is 11.8 Å². The van der Waals surface area contributed by atoms with Gasteiger partial charge in [0.1, 0.15) is 0 Å². The minimum atomic E-state index is -6.39. The highest BCUT2D eigenvalue weighted by molar-refractivity contribution is 7.88. The topological polar surface area (TPSA) is 233 Å². The fourth-order valence-electron chi connectivity index (χ4n) is 2.70. The van der Waals surface area contributed by atoms with Crippen LogP contribution in [0.2, 0.25) is 0 Å². The Hall–Kier alpha value is -2.95. The maximum atomic E-state index is 11.9. The van der Waals surface area contributed by atoms with Crippen LogP contribution in [-0.4, -0.2) is 84.5 Å². The summed E-state index contributed by atoms with van der Waals surface area (Å²) in [5.74, 6) is -11.4. The molecule has 4 N–H and O–H groups in total. The number of likely N-dealkylation sites (tertiary alicyclic amines) is 1. The van der Waals surface area contributed by atoms with Crippen LogP contribution in [0.25, 0.3) is 0 Å². The van der Waals surface area contributed by atoms with Crippen molar-refractivity contribution in [2.24, 2.45) is 0 Å². The number of carboxylic acid groups (broad SMARTS) is 2. The number of hydrogen-bond acceptors (Lipinski definition) is 10. The smallest absolute Gasteiger partial charge is 0.374 e. The molecule has 0 saturated carbocycles. The summed E-state index contributed by atoms with van der Waals surface area (Å²) in [6, 6.07) is 0. The summed E-state index contributed by atoms with van der Waals surface area (Å²) in [6.45, 7) is 0. The molecule has 0 spiro atoms. The van der Waals surface area contributed by atoms with Crippen LogP contribution >= 0.6 is 0 Å². The molecule has 154 valence electrons. The second-order valence-electron chi connectivity index (χ2n) is 5.67. The van der Waals surface area contributed by atoms with Crippen LogP contribution in [0.1, 0.15) is 25.7 Å². The fraction of sp³-hybridized carbons (Fsp3) is 0.500. The average molecular weight is 424 g/mol. The van der Waals surface area contributed by atoms with E-state index in [9.17, 15) is 57.1 Å². The summed E-state index contributed by atoms with van der Waals surface area (Å²) >= 11 is 0. The Morgan fingerprint density at radius 2 is 1.25 bits per heavy atom. The van der Waals surface area contributed by atoms with Crippen LogP contribution in [0.5, 0.6) is 0 Å². The minimum absolute atomic E-state index is 0.471. The summed E-state index contributed by atoms with van der Waals surface area (Å²) in [4.78, 5) is 69.7. The maximum Gasteiger partial charge on any atom is 0.374 e. The number of imide groups is 2. The van der Waals surface area contributed by atoms with Gasteiger partial charge in [0, 0.05) is 25.7 Å². The van der Waals surface area contributed by atoms with Crippen molar-refractivity contribution < 1.29 is 61.9 Å². The number of amides is 4. The van der Waals surface area contributed by atoms with Gasteiger partial charge in [-0.2, -0.15) is 13.5 Å². The van der Waals surface area contributed by atoms with Gasteiger partial charge in [-0.15, -0.1) is 0 Å². The number of rotatable bonds is 7. The number of hydroxylamine groups is 2. The molecule has 2 heterocycles. The van der Waals surface area contributed by atoms with E-state index in [-0.39, 0.29) is 0 Å². The van der Waals surface area contributed by atoms with Crippen LogP contribution in [0.3, 0.4) is 0 Å². The lowest BCUT2D eigenvalue weighted by molar-refractivity contribution is -0.272. The molecule has 2 aliphatic rings. The zero-order valence-corrected chi connectivity index (χ0v) is 14.4. The van der Waals surface area contributed by atoms with Crippen LogP contribution in [0.15, 0.2) is 0 Å². The molecule has 2 fully saturated rings. The van der Waals surface area contributed by atoms with Gasteiger partial charge in [-0.05, 0) is 0 Å². The maximum absolute atomic E-state index is 11.9. The molecule has 4 amide bonds. The number of carboxylic acids is 2. The highest BCUT2D eigenvalue weighted by Crippen LogP contribution is 2.40. The molecule has 0 radical (unpaired) electrons. The summed E-state index contributed by atoms with van der Waals surface area (Å²) in [7, 11) is -6.39. The van der Waals surface area contributed by atoms with E-state index in [1.165, 1.54) is 0 Å². The number of nitrogens with zero attached hydrogens (tertiary/aromatic N) is 2. The molecule has 2 aliphatic heterocycles. The van der Waals surface area contributed by atoms with Gasteiger partial charge in [0.15, 0.2) is 0 Å². The van der Waals surface area contributed by atoms with Gasteiger partial charge >= 0.3 is 32.7 Å². The Kier molecular flexibility index (Phi) is 5.02. The van der Waals surface area contributed by atoms with Gasteiger partial charge in [0.05, 0.1) is 0 Å². The third-order valence-corrected chi connectivity index (χ3v) is 5.26. The summed E-state index contributed by atoms with van der Waals surface area (Å²) in [6.07, 6.45) is -2.63. The van der Waals surface area contributed by atoms with E-state index in [2.05, 4.69) is 4.84 Å². The largest absolute Gasteiger partial charge is 0.478 e. The predicted molar refractivity (Wildman–Crippen MR) is 77.8 cm³/mol. The lowest BCUT2D eigenvalue weighted by Crippen LogP contribution is -2.77. The Morgan fingerprint density at radius 3 is 1.57 bits per heavy atom. The zero-order chi connectivity index (χ0) is 21.7. The number of aliphatic carboxylic acids is 2. The second kappa shape index (κ2) is 6.59. The highest BCUT2D eigenvalue weighted by Gasteiger charge is 2.78. The van der Waals surface area contributed by atoms with E-state index < -0.39 is 92.0 Å². The molecule has 0 bridgehead atoms. The van der Waals surface area contributed by atoms with Crippen molar-refractivity contribution in [3.8, 4) is 0 Å². The molecule has 2 rings (SSSR count). The first-order chi connectivity index (χ1) is 12.7. The van der Waals surface area contributed by atoms with Crippen LogP contribution < -0.4 is 0 Å². The molecule has 0 aromatic heterocycles. The second-order valence-corrected chi connectivity index (χ2v) is 7.20. The minimum Gasteiger partial charge on any atom is -0.478 e. The third kappa shape index (κ3) is 2.73. The normalized spacial score (nSPS) is 22.4. The number of aliphatic hydroxyl groups is 1. The lowest BCUT2D eigenvalue weighted by Gasteiger charge is -2.42. The van der Waals surface area contributed by atoms with Gasteiger partial charge in [-0.1, -0.05) is 0 Å². The van der Waals surface area contributed by atoms with Gasteiger partial charge in [-0.25, -0.2) is 19.3 Å². The first-order valence-corrected chi connectivity index (χ1v) is 8.72. The molecular formula is C12H12N2O13S. The SMILES string of the molecule is O=C1CCC(=O)N1OC(C(=O)O)(C(O)(C(=O)O)N1C(=O)CCC1=O)S(=O)(=O)O. The van der Waals surface area contributed by atoms with Gasteiger partial charge < -0.3 is 15.3 Å². The van der Waals surface area contributed by atoms with Crippen molar-refractivity contribution in [3.63, 3.8) is 0 Å². The summed E-state index contributed by atoms with van der Waals surface area (Å²) in [5.41, 5.74) is -4.58. The van der Waals surface area contributed by atoms with Crippen molar-refractivity contribution in [1.82, 2.24) is 9.96 Å². The van der Waals surface area contributed by atoms with Crippen molar-refractivity contribution in [2.75, 3.05) is 0 Å². The van der Waals surface area contributed by atoms with E-state index in [1.807, 2.05) is 0 Å². The Bertz CT molecular complexity index is 878. The highest BCUT2D eigenvalue weighted by atomic mass is 32.2. The molecule has 16 heteroatoms. The molecule has 0 aliphatic carbocycles. The Morgan fingerprint density at radius 1 is 0.857 bits per heavy atom.